The number of nitrogens with zero attached hydrogens (tertiary/aromatic N) is 2. The van der Waals surface area contributed by atoms with Gasteiger partial charge in [-0.3, -0.25) is 4.79 Å². The molecule has 6 heteroatoms. The number of amides is 1. The highest BCUT2D eigenvalue weighted by Gasteiger charge is 2.12. The SMILES string of the molecule is COCCCNC(=O)c1ccc(Cn2c(SCc3ccc(C)cc3)nc3ccccc32)cc1. The zero-order chi connectivity index (χ0) is 23.0. The molecule has 0 aliphatic heterocycles. The number of nitrogens with one attached hydrogen (secondary N) is 1. The number of carbonyl (C=O) groups excluding carboxylic acids is 1. The lowest BCUT2D eigenvalue weighted by Gasteiger charge is -2.10. The number of thioether (sulfide) groups is 1. The normalized spacial score (nSPS) is 11.1. The lowest BCUT2D eigenvalue weighted by Crippen LogP contribution is -2.25. The van der Waals surface area contributed by atoms with Crippen LogP contribution in [0.3, 0.4) is 0 Å². The second kappa shape index (κ2) is 11.2. The van der Waals surface area contributed by atoms with Crippen LogP contribution < -0.4 is 5.32 Å². The molecule has 1 amide bonds. The summed E-state index contributed by atoms with van der Waals surface area (Å²) in [4.78, 5) is 17.2. The largest absolute Gasteiger partial charge is 0.385 e. The first-order valence-corrected chi connectivity index (χ1v) is 12.1. The molecule has 0 saturated heterocycles. The van der Waals surface area contributed by atoms with E-state index in [0.29, 0.717) is 25.3 Å². The number of imidazole rings is 1. The molecule has 5 nitrogen and oxygen atoms in total. The van der Waals surface area contributed by atoms with Gasteiger partial charge in [0.2, 0.25) is 0 Å². The van der Waals surface area contributed by atoms with E-state index in [1.165, 1.54) is 11.1 Å². The Bertz CT molecular complexity index is 1200. The first-order chi connectivity index (χ1) is 16.1. The lowest BCUT2D eigenvalue weighted by atomic mass is 10.1. The smallest absolute Gasteiger partial charge is 0.251 e. The quantitative estimate of drug-likeness (QED) is 0.253. The number of ether oxygens (including phenoxy) is 1. The van der Waals surface area contributed by atoms with Gasteiger partial charge in [0.05, 0.1) is 17.6 Å². The van der Waals surface area contributed by atoms with Crippen LogP contribution in [-0.2, 0) is 17.0 Å². The number of aromatic nitrogens is 2. The summed E-state index contributed by atoms with van der Waals surface area (Å²) in [6.07, 6.45) is 0.803. The third kappa shape index (κ3) is 6.03. The van der Waals surface area contributed by atoms with Crippen LogP contribution in [0.2, 0.25) is 0 Å². The minimum Gasteiger partial charge on any atom is -0.385 e. The minimum atomic E-state index is -0.0555. The van der Waals surface area contributed by atoms with Crippen molar-refractivity contribution in [3.8, 4) is 0 Å². The predicted octanol–water partition coefficient (Wildman–Crippen LogP) is 5.45. The third-order valence-electron chi connectivity index (χ3n) is 5.48. The maximum atomic E-state index is 12.3. The van der Waals surface area contributed by atoms with E-state index in [1.54, 1.807) is 18.9 Å². The van der Waals surface area contributed by atoms with Crippen LogP contribution in [0.25, 0.3) is 11.0 Å². The number of aryl methyl sites for hydroxylation is 1. The summed E-state index contributed by atoms with van der Waals surface area (Å²) in [7, 11) is 1.66. The van der Waals surface area contributed by atoms with Gasteiger partial charge in [-0.1, -0.05) is 65.9 Å². The van der Waals surface area contributed by atoms with E-state index < -0.39 is 0 Å². The molecule has 0 spiro atoms. The average Bonchev–Trinajstić information content (AvgIpc) is 3.19. The van der Waals surface area contributed by atoms with Crippen molar-refractivity contribution < 1.29 is 9.53 Å². The Kier molecular flexibility index (Phi) is 7.81. The number of benzene rings is 3. The Morgan fingerprint density at radius 2 is 1.73 bits per heavy atom. The fourth-order valence-electron chi connectivity index (χ4n) is 3.61. The van der Waals surface area contributed by atoms with Crippen molar-refractivity contribution in [2.75, 3.05) is 20.3 Å². The number of para-hydroxylation sites is 2. The molecule has 170 valence electrons. The van der Waals surface area contributed by atoms with E-state index in [4.69, 9.17) is 9.72 Å². The highest BCUT2D eigenvalue weighted by Crippen LogP contribution is 2.28. The summed E-state index contributed by atoms with van der Waals surface area (Å²) in [6.45, 7) is 4.05. The number of hydrogen-bond acceptors (Lipinski definition) is 4. The van der Waals surface area contributed by atoms with Gasteiger partial charge >= 0.3 is 0 Å². The molecule has 0 aliphatic carbocycles. The average molecular weight is 460 g/mol. The third-order valence-corrected chi connectivity index (χ3v) is 6.52. The Morgan fingerprint density at radius 1 is 1.00 bits per heavy atom. The van der Waals surface area contributed by atoms with Gasteiger partial charge in [-0.15, -0.1) is 0 Å². The molecule has 4 aromatic rings. The lowest BCUT2D eigenvalue weighted by molar-refractivity contribution is 0.0948. The van der Waals surface area contributed by atoms with Crippen molar-refractivity contribution in [2.45, 2.75) is 30.8 Å². The topological polar surface area (TPSA) is 56.1 Å². The molecule has 0 aliphatic rings. The zero-order valence-corrected chi connectivity index (χ0v) is 19.9. The highest BCUT2D eigenvalue weighted by atomic mass is 32.2. The molecule has 3 aromatic carbocycles. The molecule has 4 rings (SSSR count). The predicted molar refractivity (Wildman–Crippen MR) is 135 cm³/mol. The van der Waals surface area contributed by atoms with Crippen molar-refractivity contribution in [3.63, 3.8) is 0 Å². The number of hydrogen-bond donors (Lipinski definition) is 1. The van der Waals surface area contributed by atoms with E-state index in [1.807, 2.05) is 36.4 Å². The summed E-state index contributed by atoms with van der Waals surface area (Å²) in [5.74, 6) is 0.811. The van der Waals surface area contributed by atoms with Gasteiger partial charge in [0.15, 0.2) is 5.16 Å². The number of methoxy groups -OCH3 is 1. The van der Waals surface area contributed by atoms with Gasteiger partial charge in [-0.2, -0.15) is 0 Å². The Morgan fingerprint density at radius 3 is 2.48 bits per heavy atom. The standard InChI is InChI=1S/C27H29N3O2S/c1-20-8-10-22(11-9-20)19-33-27-29-24-6-3-4-7-25(24)30(27)18-21-12-14-23(15-13-21)26(31)28-16-5-17-32-2/h3-4,6-15H,5,16-19H2,1-2H3,(H,28,31). The second-order valence-electron chi connectivity index (χ2n) is 8.04. The van der Waals surface area contributed by atoms with E-state index in [2.05, 4.69) is 53.2 Å². The van der Waals surface area contributed by atoms with Gasteiger partial charge in [-0.25, -0.2) is 4.98 Å². The summed E-state index contributed by atoms with van der Waals surface area (Å²) < 4.78 is 7.28. The summed E-state index contributed by atoms with van der Waals surface area (Å²) in [6, 6.07) is 24.7. The number of fused-ring (bicyclic) bond motifs is 1. The van der Waals surface area contributed by atoms with E-state index in [0.717, 1.165) is 33.9 Å². The molecular formula is C27H29N3O2S. The van der Waals surface area contributed by atoms with Crippen molar-refractivity contribution in [1.29, 1.82) is 0 Å². The van der Waals surface area contributed by atoms with Gasteiger partial charge in [0.25, 0.3) is 5.91 Å². The van der Waals surface area contributed by atoms with Gasteiger partial charge in [0, 0.05) is 31.6 Å². The molecule has 0 unspecified atom stereocenters. The highest BCUT2D eigenvalue weighted by molar-refractivity contribution is 7.98. The minimum absolute atomic E-state index is 0.0555. The fraction of sp³-hybridized carbons (Fsp3) is 0.259. The zero-order valence-electron chi connectivity index (χ0n) is 19.1. The number of carbonyl (C=O) groups is 1. The molecule has 1 heterocycles. The Hall–Kier alpha value is -3.09. The van der Waals surface area contributed by atoms with E-state index in [-0.39, 0.29) is 5.91 Å². The summed E-state index contributed by atoms with van der Waals surface area (Å²) in [5, 5.41) is 3.93. The van der Waals surface area contributed by atoms with E-state index in [9.17, 15) is 4.79 Å². The maximum absolute atomic E-state index is 12.3. The molecule has 0 saturated carbocycles. The van der Waals surface area contributed by atoms with Crippen molar-refractivity contribution in [2.24, 2.45) is 0 Å². The van der Waals surface area contributed by atoms with Crippen LogP contribution in [0, 0.1) is 6.92 Å². The van der Waals surface area contributed by atoms with Gasteiger partial charge in [0.1, 0.15) is 0 Å². The first-order valence-electron chi connectivity index (χ1n) is 11.1. The van der Waals surface area contributed by atoms with Crippen molar-refractivity contribution in [3.05, 3.63) is 95.1 Å². The van der Waals surface area contributed by atoms with Gasteiger partial charge < -0.3 is 14.6 Å². The number of rotatable bonds is 10. The van der Waals surface area contributed by atoms with Crippen LogP contribution in [0.1, 0.15) is 33.5 Å². The molecule has 1 aromatic heterocycles. The molecule has 0 fully saturated rings. The fourth-order valence-corrected chi connectivity index (χ4v) is 4.58. The first kappa shape index (κ1) is 23.1. The maximum Gasteiger partial charge on any atom is 0.251 e. The molecule has 1 N–H and O–H groups in total. The van der Waals surface area contributed by atoms with Crippen molar-refractivity contribution >= 4 is 28.7 Å². The van der Waals surface area contributed by atoms with E-state index >= 15 is 0 Å². The molecule has 33 heavy (non-hydrogen) atoms. The summed E-state index contributed by atoms with van der Waals surface area (Å²) in [5.41, 5.74) is 6.46. The van der Waals surface area contributed by atoms with Crippen LogP contribution in [-0.4, -0.2) is 35.7 Å². The molecule has 0 radical (unpaired) electrons. The van der Waals surface area contributed by atoms with Crippen LogP contribution in [0.4, 0.5) is 0 Å². The van der Waals surface area contributed by atoms with Crippen LogP contribution in [0.15, 0.2) is 78.0 Å². The molecule has 0 atom stereocenters. The van der Waals surface area contributed by atoms with Crippen LogP contribution in [0.5, 0.6) is 0 Å². The molecular weight excluding hydrogens is 430 g/mol. The van der Waals surface area contributed by atoms with Crippen molar-refractivity contribution in [1.82, 2.24) is 14.9 Å². The Labute approximate surface area is 199 Å². The van der Waals surface area contributed by atoms with Gasteiger partial charge in [-0.05, 0) is 48.7 Å². The monoisotopic (exact) mass is 459 g/mol. The summed E-state index contributed by atoms with van der Waals surface area (Å²) >= 11 is 1.75. The second-order valence-corrected chi connectivity index (χ2v) is 8.99. The van der Waals surface area contributed by atoms with Crippen LogP contribution >= 0.6 is 11.8 Å². The Balaban J connectivity index is 1.48. The molecule has 0 bridgehead atoms.